The van der Waals surface area contributed by atoms with Crippen molar-refractivity contribution < 1.29 is 46.2 Å². The Hall–Kier alpha value is -6.87. The number of amides is 1. The molecule has 77 heavy (non-hydrogen) atoms. The van der Waals surface area contributed by atoms with Crippen molar-refractivity contribution in [3.05, 3.63) is 135 Å². The number of hydrogen-bond acceptors (Lipinski definition) is 14. The first-order valence-electron chi connectivity index (χ1n) is 26.6. The summed E-state index contributed by atoms with van der Waals surface area (Å²) in [5, 5.41) is 26.8. The maximum Gasteiger partial charge on any atom is 0.297 e. The molecule has 3 aliphatic heterocycles. The van der Waals surface area contributed by atoms with Gasteiger partial charge >= 0.3 is 0 Å². The molecule has 1 unspecified atom stereocenters. The summed E-state index contributed by atoms with van der Waals surface area (Å²) in [6, 6.07) is 22.5. The van der Waals surface area contributed by atoms with Crippen molar-refractivity contribution in [2.75, 3.05) is 56.3 Å². The Kier molecular flexibility index (Phi) is 14.1. The van der Waals surface area contributed by atoms with Gasteiger partial charge in [-0.2, -0.15) is 0 Å². The molecule has 2 saturated heterocycles. The average Bonchev–Trinajstić information content (AvgIpc) is 4.09. The Morgan fingerprint density at radius 1 is 0.961 bits per heavy atom. The number of ether oxygens (including phenoxy) is 3. The number of carbonyl (C=O) groups is 1. The fourth-order valence-electron chi connectivity index (χ4n) is 12.4. The van der Waals surface area contributed by atoms with E-state index in [2.05, 4.69) is 72.8 Å². The van der Waals surface area contributed by atoms with E-state index in [1.165, 1.54) is 41.6 Å². The van der Waals surface area contributed by atoms with Gasteiger partial charge in [0.05, 0.1) is 22.3 Å². The number of piperidine rings is 1. The Morgan fingerprint density at radius 2 is 1.70 bits per heavy atom. The minimum Gasteiger partial charge on any atom is -0.455 e. The second-order valence-electron chi connectivity index (χ2n) is 22.2. The number of aromatic nitrogens is 2. The highest BCUT2D eigenvalue weighted by atomic mass is 32.2. The Labute approximate surface area is 446 Å². The topological polar surface area (TPSA) is 205 Å². The molecule has 2 saturated carbocycles. The van der Waals surface area contributed by atoms with Crippen LogP contribution in [0.1, 0.15) is 111 Å². The number of nitro groups is 1. The van der Waals surface area contributed by atoms with E-state index in [-0.39, 0.29) is 58.0 Å². The van der Waals surface area contributed by atoms with Crippen LogP contribution < -0.4 is 29.1 Å². The first-order valence-corrected chi connectivity index (χ1v) is 28.1. The fourth-order valence-corrected chi connectivity index (χ4v) is 13.5. The molecule has 2 aliphatic carbocycles. The summed E-state index contributed by atoms with van der Waals surface area (Å²) in [4.78, 5) is 40.1. The zero-order valence-corrected chi connectivity index (χ0v) is 44.2. The van der Waals surface area contributed by atoms with E-state index in [1.807, 2.05) is 6.07 Å². The Balaban J connectivity index is 0.806. The Morgan fingerprint density at radius 3 is 2.44 bits per heavy atom. The molecule has 406 valence electrons. The molecule has 4 fully saturated rings. The lowest BCUT2D eigenvalue weighted by Crippen LogP contribution is -2.60. The zero-order valence-electron chi connectivity index (χ0n) is 43.4. The molecule has 0 bridgehead atoms. The molecule has 4 aromatic carbocycles. The monoisotopic (exact) mass is 1070 g/mol. The number of pyridine rings is 1. The van der Waals surface area contributed by atoms with E-state index in [9.17, 15) is 37.2 Å². The molecule has 17 nitrogen and oxygen atoms in total. The first-order chi connectivity index (χ1) is 36.9. The van der Waals surface area contributed by atoms with E-state index in [0.717, 1.165) is 62.5 Å². The molecule has 20 heteroatoms. The largest absolute Gasteiger partial charge is 0.455 e. The number of halogens is 2. The average molecular weight is 1080 g/mol. The number of benzene rings is 4. The summed E-state index contributed by atoms with van der Waals surface area (Å²) in [6.45, 7) is 9.88. The predicted octanol–water partition coefficient (Wildman–Crippen LogP) is 10.2. The van der Waals surface area contributed by atoms with Gasteiger partial charge in [0.1, 0.15) is 33.7 Å². The molecule has 1 amide bonds. The normalized spacial score (nSPS) is 21.8. The van der Waals surface area contributed by atoms with E-state index < -0.39 is 55.5 Å². The lowest BCUT2D eigenvalue weighted by atomic mass is 9.59. The van der Waals surface area contributed by atoms with Crippen LogP contribution in [0, 0.1) is 33.1 Å². The number of aromatic amines is 1. The van der Waals surface area contributed by atoms with Gasteiger partial charge in [-0.05, 0) is 123 Å². The number of H-pyrrole nitrogens is 1. The summed E-state index contributed by atoms with van der Waals surface area (Å²) in [5.41, 5.74) is 2.68. The summed E-state index contributed by atoms with van der Waals surface area (Å²) in [5.74, 6) is -1.73. The number of hydrogen-bond donors (Lipinski definition) is 4. The third kappa shape index (κ3) is 10.6. The van der Waals surface area contributed by atoms with Crippen LogP contribution >= 0.6 is 0 Å². The van der Waals surface area contributed by atoms with Crippen molar-refractivity contribution in [1.82, 2.24) is 24.5 Å². The molecule has 2 aromatic heterocycles. The number of nitro benzene ring substituents is 1. The second kappa shape index (κ2) is 20.8. The van der Waals surface area contributed by atoms with Crippen LogP contribution in [0.25, 0.3) is 11.0 Å². The van der Waals surface area contributed by atoms with Crippen molar-refractivity contribution in [1.29, 1.82) is 0 Å². The van der Waals surface area contributed by atoms with E-state index in [4.69, 9.17) is 14.2 Å². The van der Waals surface area contributed by atoms with Crippen LogP contribution in [0.15, 0.2) is 96.2 Å². The minimum atomic E-state index is -4.84. The van der Waals surface area contributed by atoms with E-state index >= 15 is 0 Å². The number of rotatable bonds is 15. The van der Waals surface area contributed by atoms with Crippen molar-refractivity contribution in [3.63, 3.8) is 0 Å². The van der Waals surface area contributed by atoms with Crippen LogP contribution in [-0.4, -0.2) is 102 Å². The van der Waals surface area contributed by atoms with Crippen LogP contribution in [0.4, 0.5) is 25.8 Å². The van der Waals surface area contributed by atoms with Gasteiger partial charge in [-0.15, -0.1) is 0 Å². The van der Waals surface area contributed by atoms with Gasteiger partial charge < -0.3 is 34.5 Å². The Bertz CT molecular complexity index is 3310. The lowest BCUT2D eigenvalue weighted by Gasteiger charge is -2.58. The number of nitrogens with zero attached hydrogens (tertiary/aromatic N) is 5. The molecule has 5 heterocycles. The molecular weight excluding hydrogens is 1010 g/mol. The highest BCUT2D eigenvalue weighted by molar-refractivity contribution is 7.90. The van der Waals surface area contributed by atoms with Crippen LogP contribution in [0.2, 0.25) is 0 Å². The minimum absolute atomic E-state index is 0.0328. The third-order valence-electron chi connectivity index (χ3n) is 16.8. The molecule has 11 rings (SSSR count). The summed E-state index contributed by atoms with van der Waals surface area (Å²) >= 11 is 0. The van der Waals surface area contributed by atoms with Crippen molar-refractivity contribution >= 4 is 44.0 Å². The smallest absolute Gasteiger partial charge is 0.297 e. The fraction of sp³-hybridized carbons (Fsp3) is 0.439. The van der Waals surface area contributed by atoms with Crippen LogP contribution in [0.3, 0.4) is 0 Å². The highest BCUT2D eigenvalue weighted by Crippen LogP contribution is 2.54. The van der Waals surface area contributed by atoms with Crippen molar-refractivity contribution in [2.24, 2.45) is 11.3 Å². The molecule has 4 N–H and O–H groups in total. The van der Waals surface area contributed by atoms with Gasteiger partial charge in [0.15, 0.2) is 17.2 Å². The van der Waals surface area contributed by atoms with Crippen LogP contribution in [-0.2, 0) is 16.6 Å². The van der Waals surface area contributed by atoms with Crippen molar-refractivity contribution in [2.45, 2.75) is 107 Å². The molecule has 1 spiro atoms. The quantitative estimate of drug-likeness (QED) is 0.0558. The first kappa shape index (κ1) is 52.2. The van der Waals surface area contributed by atoms with Gasteiger partial charge in [-0.1, -0.05) is 44.2 Å². The van der Waals surface area contributed by atoms with Gasteiger partial charge in [-0.3, -0.25) is 24.7 Å². The maximum absolute atomic E-state index is 14.9. The highest BCUT2D eigenvalue weighted by Gasteiger charge is 2.50. The number of nitrogens with one attached hydrogen (secondary N) is 3. The van der Waals surface area contributed by atoms with Gasteiger partial charge in [0.2, 0.25) is 6.79 Å². The van der Waals surface area contributed by atoms with Crippen molar-refractivity contribution in [3.8, 4) is 23.0 Å². The third-order valence-corrected chi connectivity index (χ3v) is 18.1. The predicted molar refractivity (Wildman–Crippen MR) is 286 cm³/mol. The van der Waals surface area contributed by atoms with Gasteiger partial charge in [0, 0.05) is 92.9 Å². The standard InChI is InChI=1S/C57H64F2N8O9S/c1-35(2)41-7-4-5-8-42(41)48-33-64(32-44-45(58)9-6-10-46(44)59)23-24-66(48)39-28-57(29-39)18-21-65(22-19-57)38-11-12-43(49(26-38)76-40-25-37-15-20-60-54(37)62-31-40)55(68)63-77(72,73)50-27-47(67(70)71)51(53-52(50)74-34-75-53)61-30-36-13-16-56(3,69)17-14-36/h4-12,15,20,25-27,31,35-36,39,48,61,69H,13-14,16-19,21-24,28-30,32-34H2,1-3H3,(H,60,62)(H,63,68). The van der Waals surface area contributed by atoms with E-state index in [1.54, 1.807) is 31.3 Å². The van der Waals surface area contributed by atoms with Gasteiger partial charge in [0.25, 0.3) is 21.6 Å². The number of fused-ring (bicyclic) bond motifs is 2. The molecule has 0 radical (unpaired) electrons. The summed E-state index contributed by atoms with van der Waals surface area (Å²) in [6.07, 6.45) is 9.68. The van der Waals surface area contributed by atoms with E-state index in [0.29, 0.717) is 68.7 Å². The maximum atomic E-state index is 14.9. The number of sulfonamides is 1. The summed E-state index contributed by atoms with van der Waals surface area (Å²) < 4.78 is 78.1. The number of carbonyl (C=O) groups excluding carboxylic acids is 1. The lowest BCUT2D eigenvalue weighted by molar-refractivity contribution is -0.384. The van der Waals surface area contributed by atoms with Gasteiger partial charge in [-0.25, -0.2) is 26.9 Å². The SMILES string of the molecule is CC(C)c1ccccc1C1CN(Cc2c(F)cccc2F)CCN1C1CC2(CCN(c3ccc(C(=O)NS(=O)(=O)c4cc([N+](=O)[O-])c(NCC5CCC(C)(O)CC5)c5c4OCO5)c(Oc4cnc5[nH]ccc5c4)c3)CC2)C1. The van der Waals surface area contributed by atoms with Crippen LogP contribution in [0.5, 0.6) is 23.0 Å². The number of aliphatic hydroxyl groups is 1. The zero-order chi connectivity index (χ0) is 53.8. The molecule has 6 aromatic rings. The second-order valence-corrected chi connectivity index (χ2v) is 23.9. The number of piperazine rings is 1. The molecule has 5 aliphatic rings. The summed E-state index contributed by atoms with van der Waals surface area (Å²) in [7, 11) is -4.84. The molecule has 1 atom stereocenters. The molecular formula is C57H64F2N8O9S. The number of anilines is 2.